The van der Waals surface area contributed by atoms with Gasteiger partial charge in [-0.1, -0.05) is 49.2 Å². The summed E-state index contributed by atoms with van der Waals surface area (Å²) in [5, 5.41) is 19.9. The molecule has 0 spiro atoms. The molecule has 0 aliphatic carbocycles. The van der Waals surface area contributed by atoms with Crippen molar-refractivity contribution in [3.63, 3.8) is 0 Å². The van der Waals surface area contributed by atoms with Gasteiger partial charge in [0.15, 0.2) is 0 Å². The minimum atomic E-state index is -0.348. The summed E-state index contributed by atoms with van der Waals surface area (Å²) in [6.07, 6.45) is 0. The van der Waals surface area contributed by atoms with Crippen LogP contribution in [0.25, 0.3) is 0 Å². The van der Waals surface area contributed by atoms with Gasteiger partial charge in [0.1, 0.15) is 11.5 Å². The Balaban J connectivity index is 2.60. The van der Waals surface area contributed by atoms with Crippen LogP contribution in [0.1, 0.15) is 30.5 Å². The standard InChI is InChI=1S/C16H16Cl2O2/c1-9-11(5-7-14(20)15(9)18)16(2,3)10-4-6-13(19)12(17)8-10/h4-8,19-20H,1-3H3. The van der Waals surface area contributed by atoms with Gasteiger partial charge in [-0.2, -0.15) is 0 Å². The monoisotopic (exact) mass is 310 g/mol. The highest BCUT2D eigenvalue weighted by molar-refractivity contribution is 6.33. The molecule has 0 radical (unpaired) electrons. The van der Waals surface area contributed by atoms with Crippen LogP contribution in [0, 0.1) is 6.92 Å². The highest BCUT2D eigenvalue weighted by Gasteiger charge is 2.27. The number of phenols is 2. The molecule has 0 saturated carbocycles. The van der Waals surface area contributed by atoms with E-state index < -0.39 is 0 Å². The van der Waals surface area contributed by atoms with Gasteiger partial charge in [0, 0.05) is 5.41 Å². The van der Waals surface area contributed by atoms with E-state index in [1.54, 1.807) is 18.2 Å². The van der Waals surface area contributed by atoms with E-state index in [4.69, 9.17) is 23.2 Å². The molecule has 0 atom stereocenters. The largest absolute Gasteiger partial charge is 0.506 e. The van der Waals surface area contributed by atoms with Crippen LogP contribution in [0.3, 0.4) is 0 Å². The Hall–Kier alpha value is -1.38. The van der Waals surface area contributed by atoms with Crippen LogP contribution in [-0.4, -0.2) is 10.2 Å². The van der Waals surface area contributed by atoms with Gasteiger partial charge in [0.2, 0.25) is 0 Å². The number of phenolic OH excluding ortho intramolecular Hbond substituents is 2. The van der Waals surface area contributed by atoms with Gasteiger partial charge in [-0.25, -0.2) is 0 Å². The second kappa shape index (κ2) is 5.19. The molecule has 2 aromatic rings. The third kappa shape index (κ3) is 2.46. The smallest absolute Gasteiger partial charge is 0.134 e. The summed E-state index contributed by atoms with van der Waals surface area (Å²) in [6, 6.07) is 8.61. The highest BCUT2D eigenvalue weighted by Crippen LogP contribution is 2.40. The van der Waals surface area contributed by atoms with E-state index in [1.807, 2.05) is 32.9 Å². The van der Waals surface area contributed by atoms with Crippen LogP contribution in [0.5, 0.6) is 11.5 Å². The van der Waals surface area contributed by atoms with Gasteiger partial charge in [-0.05, 0) is 41.8 Å². The van der Waals surface area contributed by atoms with Crippen LogP contribution < -0.4 is 0 Å². The Morgan fingerprint density at radius 3 is 2.15 bits per heavy atom. The number of rotatable bonds is 2. The third-order valence-corrected chi connectivity index (χ3v) is 4.49. The maximum Gasteiger partial charge on any atom is 0.134 e. The molecule has 0 aliphatic heterocycles. The molecular formula is C16H16Cl2O2. The molecule has 2 rings (SSSR count). The lowest BCUT2D eigenvalue weighted by atomic mass is 9.76. The topological polar surface area (TPSA) is 40.5 Å². The van der Waals surface area contributed by atoms with Crippen molar-refractivity contribution in [1.82, 2.24) is 0 Å². The number of aromatic hydroxyl groups is 2. The fourth-order valence-corrected chi connectivity index (χ4v) is 2.74. The maximum absolute atomic E-state index is 9.66. The molecule has 0 unspecified atom stereocenters. The van der Waals surface area contributed by atoms with E-state index in [2.05, 4.69) is 0 Å². The Bertz CT molecular complexity index is 664. The zero-order valence-corrected chi connectivity index (χ0v) is 13.0. The molecule has 0 aliphatic rings. The summed E-state index contributed by atoms with van der Waals surface area (Å²) in [5.74, 6) is 0.138. The van der Waals surface area contributed by atoms with Gasteiger partial charge in [0.25, 0.3) is 0 Å². The SMILES string of the molecule is Cc1c(C(C)(C)c2ccc(O)c(Cl)c2)ccc(O)c1Cl. The summed E-state index contributed by atoms with van der Waals surface area (Å²) >= 11 is 12.1. The number of benzene rings is 2. The van der Waals surface area contributed by atoms with Gasteiger partial charge in [0.05, 0.1) is 10.0 Å². The molecule has 2 nitrogen and oxygen atoms in total. The normalized spacial score (nSPS) is 11.7. The van der Waals surface area contributed by atoms with Crippen molar-refractivity contribution in [3.8, 4) is 11.5 Å². The van der Waals surface area contributed by atoms with Gasteiger partial charge >= 0.3 is 0 Å². The second-order valence-corrected chi connectivity index (χ2v) is 6.15. The fraction of sp³-hybridized carbons (Fsp3) is 0.250. The first-order chi connectivity index (χ1) is 9.25. The maximum atomic E-state index is 9.66. The average molecular weight is 311 g/mol. The predicted molar refractivity (Wildman–Crippen MR) is 83.1 cm³/mol. The van der Waals surface area contributed by atoms with Crippen LogP contribution in [0.2, 0.25) is 10.0 Å². The predicted octanol–water partition coefficient (Wildman–Crippen LogP) is 5.04. The molecule has 2 N–H and O–H groups in total. The Labute approximate surface area is 128 Å². The summed E-state index contributed by atoms with van der Waals surface area (Å²) < 4.78 is 0. The molecule has 2 aromatic carbocycles. The third-order valence-electron chi connectivity index (χ3n) is 3.71. The highest BCUT2D eigenvalue weighted by atomic mass is 35.5. The van der Waals surface area contributed by atoms with Crippen LogP contribution >= 0.6 is 23.2 Å². The number of hydrogen-bond acceptors (Lipinski definition) is 2. The van der Waals surface area contributed by atoms with Crippen molar-refractivity contribution >= 4 is 23.2 Å². The molecule has 0 bridgehead atoms. The molecule has 4 heteroatoms. The quantitative estimate of drug-likeness (QED) is 0.816. The van der Waals surface area contributed by atoms with Gasteiger partial charge in [-0.15, -0.1) is 0 Å². The lowest BCUT2D eigenvalue weighted by molar-refractivity contribution is 0.474. The Morgan fingerprint density at radius 1 is 0.950 bits per heavy atom. The lowest BCUT2D eigenvalue weighted by Crippen LogP contribution is -2.20. The zero-order valence-electron chi connectivity index (χ0n) is 11.5. The first-order valence-corrected chi connectivity index (χ1v) is 6.98. The Kier molecular flexibility index (Phi) is 3.90. The van der Waals surface area contributed by atoms with Crippen molar-refractivity contribution in [2.24, 2.45) is 0 Å². The number of hydrogen-bond donors (Lipinski definition) is 2. The van der Waals surface area contributed by atoms with E-state index in [1.165, 1.54) is 0 Å². The number of halogens is 2. The first-order valence-electron chi connectivity index (χ1n) is 6.22. The van der Waals surface area contributed by atoms with E-state index in [9.17, 15) is 10.2 Å². The summed E-state index contributed by atoms with van der Waals surface area (Å²) in [6.45, 7) is 5.97. The van der Waals surface area contributed by atoms with Crippen LogP contribution in [-0.2, 0) is 5.41 Å². The summed E-state index contributed by atoms with van der Waals surface area (Å²) in [4.78, 5) is 0. The van der Waals surface area contributed by atoms with Crippen molar-refractivity contribution in [2.75, 3.05) is 0 Å². The van der Waals surface area contributed by atoms with Crippen LogP contribution in [0.15, 0.2) is 30.3 Å². The molecule has 106 valence electrons. The minimum absolute atomic E-state index is 0.0617. The van der Waals surface area contributed by atoms with E-state index >= 15 is 0 Å². The summed E-state index contributed by atoms with van der Waals surface area (Å²) in [5.41, 5.74) is 2.45. The van der Waals surface area contributed by atoms with E-state index in [-0.39, 0.29) is 16.9 Å². The lowest BCUT2D eigenvalue weighted by Gasteiger charge is -2.28. The average Bonchev–Trinajstić information content (AvgIpc) is 2.38. The van der Waals surface area contributed by atoms with Crippen molar-refractivity contribution in [2.45, 2.75) is 26.2 Å². The molecule has 0 heterocycles. The van der Waals surface area contributed by atoms with E-state index in [0.29, 0.717) is 10.0 Å². The van der Waals surface area contributed by atoms with Gasteiger partial charge in [-0.3, -0.25) is 0 Å². The molecule has 0 aromatic heterocycles. The zero-order chi connectivity index (χ0) is 15.1. The van der Waals surface area contributed by atoms with Gasteiger partial charge < -0.3 is 10.2 Å². The molecule has 0 amide bonds. The van der Waals surface area contributed by atoms with Crippen molar-refractivity contribution < 1.29 is 10.2 Å². The van der Waals surface area contributed by atoms with Crippen LogP contribution in [0.4, 0.5) is 0 Å². The second-order valence-electron chi connectivity index (χ2n) is 5.36. The van der Waals surface area contributed by atoms with Crippen molar-refractivity contribution in [1.29, 1.82) is 0 Å². The minimum Gasteiger partial charge on any atom is -0.506 e. The molecule has 0 fully saturated rings. The van der Waals surface area contributed by atoms with Crippen molar-refractivity contribution in [3.05, 3.63) is 57.1 Å². The molecule has 0 saturated heterocycles. The fourth-order valence-electron chi connectivity index (χ4n) is 2.40. The first kappa shape index (κ1) is 15.0. The van der Waals surface area contributed by atoms with E-state index in [0.717, 1.165) is 16.7 Å². The summed E-state index contributed by atoms with van der Waals surface area (Å²) in [7, 11) is 0. The Morgan fingerprint density at radius 2 is 1.55 bits per heavy atom. The molecular weight excluding hydrogens is 295 g/mol. The molecule has 20 heavy (non-hydrogen) atoms.